The minimum atomic E-state index is -0.714. The highest BCUT2D eigenvalue weighted by Gasteiger charge is 2.47. The minimum absolute atomic E-state index is 0.0928. The van der Waals surface area contributed by atoms with Gasteiger partial charge < -0.3 is 14.4 Å². The number of rotatable bonds is 5. The summed E-state index contributed by atoms with van der Waals surface area (Å²) < 4.78 is 5.56. The van der Waals surface area contributed by atoms with Gasteiger partial charge >= 0.3 is 0 Å². The van der Waals surface area contributed by atoms with E-state index < -0.39 is 17.7 Å². The first kappa shape index (κ1) is 20.9. The first-order valence-corrected chi connectivity index (χ1v) is 10.1. The van der Waals surface area contributed by atoms with E-state index in [9.17, 15) is 14.7 Å². The lowest BCUT2D eigenvalue weighted by Crippen LogP contribution is -2.30. The quantitative estimate of drug-likeness (QED) is 0.434. The number of amides is 1. The van der Waals surface area contributed by atoms with Crippen LogP contribution >= 0.6 is 0 Å². The van der Waals surface area contributed by atoms with Crippen LogP contribution in [0.4, 0.5) is 0 Å². The summed E-state index contributed by atoms with van der Waals surface area (Å²) in [6, 6.07) is 8.61. The van der Waals surface area contributed by atoms with E-state index in [0.29, 0.717) is 17.9 Å². The van der Waals surface area contributed by atoms with Gasteiger partial charge in [0.05, 0.1) is 11.8 Å². The van der Waals surface area contributed by atoms with Crippen LogP contribution in [-0.4, -0.2) is 28.2 Å². The van der Waals surface area contributed by atoms with E-state index in [-0.39, 0.29) is 16.7 Å². The lowest BCUT2D eigenvalue weighted by atomic mass is 9.84. The highest BCUT2D eigenvalue weighted by Crippen LogP contribution is 2.40. The number of benzene rings is 1. The number of Topliss-reactive ketones (excluding diaryl/α,β-unsaturated/α-hetero) is 1. The molecular weight excluding hydrogens is 366 g/mol. The molecule has 3 rings (SSSR count). The van der Waals surface area contributed by atoms with Gasteiger partial charge in [-0.25, -0.2) is 0 Å². The first-order valence-electron chi connectivity index (χ1n) is 10.1. The zero-order valence-electron chi connectivity index (χ0n) is 17.8. The molecule has 1 unspecified atom stereocenters. The van der Waals surface area contributed by atoms with Gasteiger partial charge in [-0.15, -0.1) is 0 Å². The third-order valence-corrected chi connectivity index (χ3v) is 5.46. The van der Waals surface area contributed by atoms with E-state index in [2.05, 4.69) is 20.8 Å². The van der Waals surface area contributed by atoms with Gasteiger partial charge in [-0.05, 0) is 48.1 Å². The highest BCUT2D eigenvalue weighted by molar-refractivity contribution is 6.46. The van der Waals surface area contributed by atoms with Crippen LogP contribution in [0.25, 0.3) is 5.76 Å². The number of unbranched alkanes of at least 4 members (excludes halogenated alkanes) is 1. The number of aryl methyl sites for hydroxylation is 1. The molecule has 1 amide bonds. The summed E-state index contributed by atoms with van der Waals surface area (Å²) in [5.41, 5.74) is 2.43. The van der Waals surface area contributed by atoms with Gasteiger partial charge in [-0.1, -0.05) is 46.2 Å². The van der Waals surface area contributed by atoms with Gasteiger partial charge in [0.25, 0.3) is 11.7 Å². The molecule has 1 fully saturated rings. The molecule has 5 nitrogen and oxygen atoms in total. The first-order chi connectivity index (χ1) is 13.7. The van der Waals surface area contributed by atoms with Crippen LogP contribution in [0.2, 0.25) is 0 Å². The standard InChI is InChI=1S/C24H29NO4/c1-6-7-12-25-20(18-9-8-13-29-18)19(22(27)23(25)28)21(26)17-14-16(24(3,4)5)11-10-15(17)2/h8-11,13-14,20,26H,6-7,12H2,1-5H3/b21-19+. The molecule has 5 heteroatoms. The second kappa shape index (κ2) is 7.90. The fourth-order valence-corrected chi connectivity index (χ4v) is 3.67. The molecule has 1 N–H and O–H groups in total. The van der Waals surface area contributed by atoms with Crippen LogP contribution in [0.15, 0.2) is 46.6 Å². The van der Waals surface area contributed by atoms with Gasteiger partial charge in [0, 0.05) is 12.1 Å². The number of nitrogens with zero attached hydrogens (tertiary/aromatic N) is 1. The van der Waals surface area contributed by atoms with E-state index in [0.717, 1.165) is 24.0 Å². The molecule has 1 aromatic heterocycles. The summed E-state index contributed by atoms with van der Waals surface area (Å²) in [6.45, 7) is 10.6. The predicted molar refractivity (Wildman–Crippen MR) is 113 cm³/mol. The molecule has 0 radical (unpaired) electrons. The van der Waals surface area contributed by atoms with Crippen LogP contribution in [0.5, 0.6) is 0 Å². The molecule has 0 aliphatic carbocycles. The van der Waals surface area contributed by atoms with Crippen molar-refractivity contribution in [3.63, 3.8) is 0 Å². The van der Waals surface area contributed by atoms with Crippen molar-refractivity contribution in [2.24, 2.45) is 0 Å². The molecule has 1 aliphatic heterocycles. The van der Waals surface area contributed by atoms with Crippen molar-refractivity contribution in [3.05, 3.63) is 64.6 Å². The fourth-order valence-electron chi connectivity index (χ4n) is 3.67. The Morgan fingerprint density at radius 2 is 1.93 bits per heavy atom. The van der Waals surface area contributed by atoms with E-state index in [1.54, 1.807) is 12.1 Å². The molecule has 0 saturated carbocycles. The number of hydrogen-bond donors (Lipinski definition) is 1. The second-order valence-corrected chi connectivity index (χ2v) is 8.64. The number of aliphatic hydroxyl groups excluding tert-OH is 1. The van der Waals surface area contributed by atoms with E-state index in [4.69, 9.17) is 4.42 Å². The van der Waals surface area contributed by atoms with E-state index >= 15 is 0 Å². The molecule has 1 aliphatic rings. The fraction of sp³-hybridized carbons (Fsp3) is 0.417. The Kier molecular flexibility index (Phi) is 5.69. The van der Waals surface area contributed by atoms with Crippen molar-refractivity contribution in [2.75, 3.05) is 6.54 Å². The van der Waals surface area contributed by atoms with Crippen molar-refractivity contribution in [3.8, 4) is 0 Å². The monoisotopic (exact) mass is 395 g/mol. The highest BCUT2D eigenvalue weighted by atomic mass is 16.3. The molecule has 2 aromatic rings. The van der Waals surface area contributed by atoms with Crippen LogP contribution in [0.3, 0.4) is 0 Å². The maximum Gasteiger partial charge on any atom is 0.295 e. The Morgan fingerprint density at radius 3 is 2.52 bits per heavy atom. The SMILES string of the molecule is CCCCN1C(=O)C(=O)/C(=C(/O)c2cc(C(C)(C)C)ccc2C)C1c1ccco1. The third kappa shape index (κ3) is 3.86. The van der Waals surface area contributed by atoms with Crippen molar-refractivity contribution < 1.29 is 19.1 Å². The van der Waals surface area contributed by atoms with Crippen molar-refractivity contribution in [2.45, 2.75) is 58.9 Å². The molecule has 0 spiro atoms. The van der Waals surface area contributed by atoms with Gasteiger partial charge in [-0.2, -0.15) is 0 Å². The molecule has 0 bridgehead atoms. The average molecular weight is 395 g/mol. The lowest BCUT2D eigenvalue weighted by molar-refractivity contribution is -0.140. The molecule has 1 aromatic carbocycles. The molecule has 1 atom stereocenters. The average Bonchev–Trinajstić information content (AvgIpc) is 3.27. The maximum atomic E-state index is 12.9. The predicted octanol–water partition coefficient (Wildman–Crippen LogP) is 5.11. The van der Waals surface area contributed by atoms with E-state index in [1.165, 1.54) is 11.2 Å². The summed E-state index contributed by atoms with van der Waals surface area (Å²) in [7, 11) is 0. The maximum absolute atomic E-state index is 12.9. The Hall–Kier alpha value is -2.82. The van der Waals surface area contributed by atoms with Crippen LogP contribution in [0.1, 0.15) is 69.0 Å². The Balaban J connectivity index is 2.19. The second-order valence-electron chi connectivity index (χ2n) is 8.64. The smallest absolute Gasteiger partial charge is 0.295 e. The van der Waals surface area contributed by atoms with Crippen molar-refractivity contribution in [1.82, 2.24) is 4.90 Å². The van der Waals surface area contributed by atoms with Crippen molar-refractivity contribution >= 4 is 17.4 Å². The number of ketones is 1. The van der Waals surface area contributed by atoms with Crippen LogP contribution in [0, 0.1) is 6.92 Å². The topological polar surface area (TPSA) is 70.8 Å². The third-order valence-electron chi connectivity index (χ3n) is 5.46. The van der Waals surface area contributed by atoms with Gasteiger partial charge in [0.15, 0.2) is 0 Å². The van der Waals surface area contributed by atoms with Gasteiger partial charge in [0.2, 0.25) is 0 Å². The lowest BCUT2D eigenvalue weighted by Gasteiger charge is -2.24. The number of hydrogen-bond acceptors (Lipinski definition) is 4. The summed E-state index contributed by atoms with van der Waals surface area (Å²) in [6.07, 6.45) is 3.17. The zero-order valence-corrected chi connectivity index (χ0v) is 17.8. The van der Waals surface area contributed by atoms with Crippen LogP contribution < -0.4 is 0 Å². The van der Waals surface area contributed by atoms with Gasteiger partial charge in [-0.3, -0.25) is 9.59 Å². The molecule has 154 valence electrons. The number of likely N-dealkylation sites (tertiary alicyclic amines) is 1. The van der Waals surface area contributed by atoms with Crippen LogP contribution in [-0.2, 0) is 15.0 Å². The molecule has 1 saturated heterocycles. The summed E-state index contributed by atoms with van der Waals surface area (Å²) >= 11 is 0. The van der Waals surface area contributed by atoms with Gasteiger partial charge in [0.1, 0.15) is 17.6 Å². The number of carbonyl (C=O) groups excluding carboxylic acids is 2. The Bertz CT molecular complexity index is 948. The minimum Gasteiger partial charge on any atom is -0.507 e. The van der Waals surface area contributed by atoms with Crippen molar-refractivity contribution in [1.29, 1.82) is 0 Å². The summed E-state index contributed by atoms with van der Waals surface area (Å²) in [4.78, 5) is 27.2. The number of furan rings is 1. The Labute approximate surface area is 172 Å². The number of aliphatic hydroxyl groups is 1. The molecule has 2 heterocycles. The van der Waals surface area contributed by atoms with E-state index in [1.807, 2.05) is 32.0 Å². The molecule has 29 heavy (non-hydrogen) atoms. The number of carbonyl (C=O) groups is 2. The molecular formula is C24H29NO4. The Morgan fingerprint density at radius 1 is 1.21 bits per heavy atom. The normalized spacial score (nSPS) is 19.2. The largest absolute Gasteiger partial charge is 0.507 e. The summed E-state index contributed by atoms with van der Waals surface area (Å²) in [5.74, 6) is -0.926. The zero-order chi connectivity index (χ0) is 21.3. The summed E-state index contributed by atoms with van der Waals surface area (Å²) in [5, 5.41) is 11.2.